The van der Waals surface area contributed by atoms with Crippen molar-refractivity contribution >= 4 is 28.5 Å². The number of fused-ring (bicyclic) bond motifs is 1. The number of pyridine rings is 1. The molecule has 10 heteroatoms. The van der Waals surface area contributed by atoms with Gasteiger partial charge in [-0.25, -0.2) is 9.78 Å². The maximum atomic E-state index is 12.1. The molecule has 0 saturated heterocycles. The Morgan fingerprint density at radius 2 is 2.04 bits per heavy atom. The number of amides is 1. The maximum absolute atomic E-state index is 12.1. The predicted molar refractivity (Wildman–Crippen MR) is 86.7 cm³/mol. The fourth-order valence-corrected chi connectivity index (χ4v) is 2.12. The summed E-state index contributed by atoms with van der Waals surface area (Å²) in [6.45, 7) is -0.208. The average Bonchev–Trinajstić information content (AvgIpc) is 2.60. The van der Waals surface area contributed by atoms with Crippen LogP contribution < -0.4 is 15.8 Å². The minimum Gasteiger partial charge on any atom is -0.493 e. The van der Waals surface area contributed by atoms with Crippen molar-refractivity contribution in [3.63, 3.8) is 0 Å². The quantitative estimate of drug-likeness (QED) is 0.458. The van der Waals surface area contributed by atoms with E-state index in [-0.39, 0.29) is 31.0 Å². The molecular formula is C16H16F3N3O4. The van der Waals surface area contributed by atoms with Gasteiger partial charge in [-0.05, 0) is 18.6 Å². The standard InChI is InChI=1S/C16H16F3N3O4/c1-25-14(23)11-8-12(9-4-2-5-10(20)13(9)22-11)26-7-3-6-21-15(24)16(17,18)19/h2,4-5,8H,3,6-7,20H2,1H3,(H,21,24). The van der Waals surface area contributed by atoms with E-state index in [1.807, 2.05) is 0 Å². The summed E-state index contributed by atoms with van der Waals surface area (Å²) in [7, 11) is 1.20. The largest absolute Gasteiger partial charge is 0.493 e. The van der Waals surface area contributed by atoms with Gasteiger partial charge in [-0.15, -0.1) is 0 Å². The van der Waals surface area contributed by atoms with Gasteiger partial charge >= 0.3 is 18.1 Å². The van der Waals surface area contributed by atoms with E-state index in [4.69, 9.17) is 10.5 Å². The number of alkyl halides is 3. The lowest BCUT2D eigenvalue weighted by Crippen LogP contribution is -2.37. The summed E-state index contributed by atoms with van der Waals surface area (Å²) in [5.41, 5.74) is 6.52. The number of carbonyl (C=O) groups excluding carboxylic acids is 2. The highest BCUT2D eigenvalue weighted by Gasteiger charge is 2.38. The number of nitrogen functional groups attached to an aromatic ring is 1. The Kier molecular flexibility index (Phi) is 5.86. The average molecular weight is 371 g/mol. The Morgan fingerprint density at radius 3 is 2.69 bits per heavy atom. The normalized spacial score (nSPS) is 11.2. The Hall–Kier alpha value is -3.04. The highest BCUT2D eigenvalue weighted by atomic mass is 19.4. The number of aromatic nitrogens is 1. The molecule has 0 fully saturated rings. The summed E-state index contributed by atoms with van der Waals surface area (Å²) in [5, 5.41) is 2.28. The van der Waals surface area contributed by atoms with Crippen LogP contribution in [0.3, 0.4) is 0 Å². The molecule has 26 heavy (non-hydrogen) atoms. The van der Waals surface area contributed by atoms with Gasteiger partial charge in [0.15, 0.2) is 5.69 Å². The lowest BCUT2D eigenvalue weighted by Gasteiger charge is -2.12. The van der Waals surface area contributed by atoms with Gasteiger partial charge in [0.1, 0.15) is 5.75 Å². The van der Waals surface area contributed by atoms with Crippen molar-refractivity contribution in [2.24, 2.45) is 0 Å². The number of anilines is 1. The molecule has 1 amide bonds. The topological polar surface area (TPSA) is 104 Å². The number of hydrogen-bond donors (Lipinski definition) is 2. The summed E-state index contributed by atoms with van der Waals surface area (Å²) >= 11 is 0. The zero-order chi connectivity index (χ0) is 19.3. The number of nitrogens with two attached hydrogens (primary N) is 1. The Balaban J connectivity index is 2.10. The van der Waals surface area contributed by atoms with Crippen molar-refractivity contribution < 1.29 is 32.2 Å². The van der Waals surface area contributed by atoms with Crippen LogP contribution in [-0.4, -0.2) is 43.3 Å². The second-order valence-electron chi connectivity index (χ2n) is 5.20. The minimum atomic E-state index is -4.92. The summed E-state index contributed by atoms with van der Waals surface area (Å²) in [5.74, 6) is -2.41. The van der Waals surface area contributed by atoms with Crippen LogP contribution in [0.2, 0.25) is 0 Å². The number of nitrogens with zero attached hydrogens (tertiary/aromatic N) is 1. The summed E-state index contributed by atoms with van der Waals surface area (Å²) in [6, 6.07) is 6.32. The molecule has 0 bridgehead atoms. The molecular weight excluding hydrogens is 355 g/mol. The van der Waals surface area contributed by atoms with E-state index in [0.29, 0.717) is 16.6 Å². The van der Waals surface area contributed by atoms with Crippen LogP contribution in [0.25, 0.3) is 10.9 Å². The van der Waals surface area contributed by atoms with Gasteiger partial charge in [-0.2, -0.15) is 13.2 Å². The fourth-order valence-electron chi connectivity index (χ4n) is 2.12. The lowest BCUT2D eigenvalue weighted by molar-refractivity contribution is -0.173. The first kappa shape index (κ1) is 19.3. The lowest BCUT2D eigenvalue weighted by atomic mass is 10.1. The number of carbonyl (C=O) groups is 2. The number of esters is 1. The van der Waals surface area contributed by atoms with E-state index in [1.165, 1.54) is 13.2 Å². The fraction of sp³-hybridized carbons (Fsp3) is 0.312. The number of para-hydroxylation sites is 1. The Labute approximate surface area is 146 Å². The van der Waals surface area contributed by atoms with E-state index in [9.17, 15) is 22.8 Å². The molecule has 2 rings (SSSR count). The number of halogens is 3. The number of rotatable bonds is 6. The number of hydrogen-bond acceptors (Lipinski definition) is 6. The van der Waals surface area contributed by atoms with Crippen LogP contribution in [0.5, 0.6) is 5.75 Å². The molecule has 0 saturated carbocycles. The molecule has 0 radical (unpaired) electrons. The number of nitrogens with one attached hydrogen (secondary N) is 1. The molecule has 1 aromatic carbocycles. The molecule has 0 spiro atoms. The van der Waals surface area contributed by atoms with Crippen molar-refractivity contribution in [2.75, 3.05) is 26.0 Å². The minimum absolute atomic E-state index is 0.00661. The molecule has 0 unspecified atom stereocenters. The van der Waals surface area contributed by atoms with Crippen LogP contribution in [0, 0.1) is 0 Å². The highest BCUT2D eigenvalue weighted by Crippen LogP contribution is 2.29. The second-order valence-corrected chi connectivity index (χ2v) is 5.20. The first-order valence-electron chi connectivity index (χ1n) is 7.49. The van der Waals surface area contributed by atoms with E-state index in [0.717, 1.165) is 0 Å². The zero-order valence-corrected chi connectivity index (χ0v) is 13.7. The number of ether oxygens (including phenoxy) is 2. The smallest absolute Gasteiger partial charge is 0.471 e. The monoisotopic (exact) mass is 371 g/mol. The zero-order valence-electron chi connectivity index (χ0n) is 13.7. The molecule has 7 nitrogen and oxygen atoms in total. The third kappa shape index (κ3) is 4.52. The molecule has 0 aliphatic rings. The van der Waals surface area contributed by atoms with Crippen LogP contribution in [0.15, 0.2) is 24.3 Å². The van der Waals surface area contributed by atoms with Gasteiger partial charge in [0.25, 0.3) is 0 Å². The Morgan fingerprint density at radius 1 is 1.31 bits per heavy atom. The van der Waals surface area contributed by atoms with Crippen molar-refractivity contribution in [1.29, 1.82) is 0 Å². The van der Waals surface area contributed by atoms with Crippen molar-refractivity contribution in [3.8, 4) is 5.75 Å². The second kappa shape index (κ2) is 7.89. The predicted octanol–water partition coefficient (Wildman–Crippen LogP) is 2.05. The van der Waals surface area contributed by atoms with E-state index in [2.05, 4.69) is 9.72 Å². The first-order valence-corrected chi connectivity index (χ1v) is 7.49. The summed E-state index contributed by atoms with van der Waals surface area (Å²) < 4.78 is 46.4. The van der Waals surface area contributed by atoms with Gasteiger partial charge in [-0.3, -0.25) is 4.79 Å². The third-order valence-corrected chi connectivity index (χ3v) is 3.35. The van der Waals surface area contributed by atoms with Gasteiger partial charge in [0.05, 0.1) is 24.9 Å². The number of methoxy groups -OCH3 is 1. The SMILES string of the molecule is COC(=O)c1cc(OCCCNC(=O)C(F)(F)F)c2cccc(N)c2n1. The molecule has 0 aliphatic carbocycles. The van der Waals surface area contributed by atoms with Gasteiger partial charge in [0, 0.05) is 18.0 Å². The third-order valence-electron chi connectivity index (χ3n) is 3.35. The molecule has 0 atom stereocenters. The maximum Gasteiger partial charge on any atom is 0.471 e. The number of benzene rings is 1. The molecule has 1 aromatic heterocycles. The molecule has 2 aromatic rings. The Bertz CT molecular complexity index is 824. The summed E-state index contributed by atoms with van der Waals surface area (Å²) in [6.07, 6.45) is -4.80. The van der Waals surface area contributed by atoms with Crippen LogP contribution in [0.1, 0.15) is 16.9 Å². The van der Waals surface area contributed by atoms with Crippen molar-refractivity contribution in [3.05, 3.63) is 30.0 Å². The molecule has 140 valence electrons. The van der Waals surface area contributed by atoms with E-state index in [1.54, 1.807) is 23.5 Å². The van der Waals surface area contributed by atoms with E-state index >= 15 is 0 Å². The molecule has 1 heterocycles. The molecule has 0 aliphatic heterocycles. The van der Waals surface area contributed by atoms with Crippen LogP contribution >= 0.6 is 0 Å². The highest BCUT2D eigenvalue weighted by molar-refractivity contribution is 5.98. The van der Waals surface area contributed by atoms with Gasteiger partial charge < -0.3 is 20.5 Å². The van der Waals surface area contributed by atoms with Crippen LogP contribution in [-0.2, 0) is 9.53 Å². The van der Waals surface area contributed by atoms with Crippen molar-refractivity contribution in [2.45, 2.75) is 12.6 Å². The van der Waals surface area contributed by atoms with Crippen LogP contribution in [0.4, 0.5) is 18.9 Å². The van der Waals surface area contributed by atoms with Gasteiger partial charge in [-0.1, -0.05) is 6.07 Å². The van der Waals surface area contributed by atoms with Gasteiger partial charge in [0.2, 0.25) is 0 Å². The molecule has 3 N–H and O–H groups in total. The van der Waals surface area contributed by atoms with Crippen molar-refractivity contribution in [1.82, 2.24) is 10.3 Å². The first-order chi connectivity index (χ1) is 12.2. The van der Waals surface area contributed by atoms with E-state index < -0.39 is 18.1 Å². The summed E-state index contributed by atoms with van der Waals surface area (Å²) in [4.78, 5) is 26.6.